The third-order valence-electron chi connectivity index (χ3n) is 25.8. The van der Waals surface area contributed by atoms with Crippen molar-refractivity contribution in [1.82, 2.24) is 0 Å². The van der Waals surface area contributed by atoms with Crippen molar-refractivity contribution in [3.63, 3.8) is 0 Å². The molecule has 12 aromatic rings. The fraction of sp³-hybridized carbons (Fsp3) is 0.358. The van der Waals surface area contributed by atoms with Crippen LogP contribution in [0.4, 0.5) is 96.6 Å². The number of ether oxygens (including phenoxy) is 1. The number of halogens is 24. The molecule has 0 aliphatic heterocycles. The van der Waals surface area contributed by atoms with E-state index in [0.717, 1.165) is 184 Å². The first-order valence-corrected chi connectivity index (χ1v) is 46.8. The average Bonchev–Trinajstić information content (AvgIpc) is 0.758. The zero-order valence-electron chi connectivity index (χ0n) is 74.3. The summed E-state index contributed by atoms with van der Waals surface area (Å²) < 4.78 is 308. The Morgan fingerprint density at radius 2 is 0.630 bits per heavy atom. The summed E-state index contributed by atoms with van der Waals surface area (Å²) in [5.74, 6) is -16.2. The molecule has 12 aromatic carbocycles. The van der Waals surface area contributed by atoms with Crippen molar-refractivity contribution < 1.29 is 116 Å². The molecule has 720 valence electrons. The summed E-state index contributed by atoms with van der Waals surface area (Å²) in [6.07, 6.45) is 22.7. The van der Waals surface area contributed by atoms with Crippen LogP contribution in [0.1, 0.15) is 239 Å². The Balaban J connectivity index is 0.000000164. The Kier molecular flexibility index (Phi) is 37.5. The molecule has 0 amide bonds. The standard InChI is InChI=1S/C32H26F8O.C22H22BrF5.C21H23F3.C15H22BFO2.C10H5F3O.C6H3BrF2/c1-2-3-17-4-6-18(7-5-17)19-8-10-23(25(33)13-19)21-14-26(34)29(27(35)15-21)32(39,40)41-22-9-11-24-20(12-22)16-28(36)31(38)30(24)37;1-2-3-13-4-6-14(7-5-13)15-8-9-17(18(24)10-15)16-11-19(25)21(20(26)12-16)22(23,27)28;1-2-3-14-4-6-15(7-5-14)16-8-9-20(21(24)12-16)17-10-18(22)13-19(23)11-17;1-2-3-11-4-6-12(7-5-11)13-8-9-14(16(18)19)15(17)10-13;11-8-4-5-3-6(14)1-2-7(5)9(12)10(8)13;7-4-1-5(8)3-6(9)2-4/h8-18H,2-7H2,1H3;8-14H,2-7H2,1H3;8-15H,2-7H2,1H3;8-12,18-19H,2-7H2,1H3;1-4,14H;1-3H. The van der Waals surface area contributed by atoms with E-state index in [0.29, 0.717) is 40.4 Å². The number of phenolic OH excluding ortho intramolecular Hbond substituents is 1. The largest absolute Gasteiger partial charge is 0.508 e. The van der Waals surface area contributed by atoms with Crippen LogP contribution in [0, 0.1) is 128 Å². The van der Waals surface area contributed by atoms with E-state index in [1.165, 1.54) is 137 Å². The lowest BCUT2D eigenvalue weighted by atomic mass is 9.75. The molecule has 0 unspecified atom stereocenters. The quantitative estimate of drug-likeness (QED) is 0.0308. The van der Waals surface area contributed by atoms with Gasteiger partial charge in [-0.05, 0) is 337 Å². The van der Waals surface area contributed by atoms with Gasteiger partial charge in [-0.25, -0.2) is 79.0 Å². The van der Waals surface area contributed by atoms with Crippen LogP contribution in [0.2, 0.25) is 0 Å². The van der Waals surface area contributed by atoms with Crippen molar-refractivity contribution in [1.29, 1.82) is 0 Å². The van der Waals surface area contributed by atoms with Crippen LogP contribution in [-0.2, 0) is 10.9 Å². The second-order valence-corrected chi connectivity index (χ2v) is 37.1. The van der Waals surface area contributed by atoms with Crippen LogP contribution < -0.4 is 10.2 Å². The molecular weight excluding hydrogens is 1930 g/mol. The van der Waals surface area contributed by atoms with Gasteiger partial charge in [0.15, 0.2) is 34.9 Å². The van der Waals surface area contributed by atoms with E-state index >= 15 is 4.39 Å². The molecule has 0 saturated heterocycles. The molecule has 135 heavy (non-hydrogen) atoms. The maximum atomic E-state index is 15.1. The molecule has 4 nitrogen and oxygen atoms in total. The lowest BCUT2D eigenvalue weighted by Crippen LogP contribution is -2.32. The molecule has 0 radical (unpaired) electrons. The van der Waals surface area contributed by atoms with Crippen molar-refractivity contribution in [2.45, 2.75) is 216 Å². The third kappa shape index (κ3) is 28.0. The second-order valence-electron chi connectivity index (χ2n) is 35.2. The predicted octanol–water partition coefficient (Wildman–Crippen LogP) is 33.9. The molecule has 4 aliphatic carbocycles. The summed E-state index contributed by atoms with van der Waals surface area (Å²) in [6, 6.07) is 35.5. The Hall–Kier alpha value is -9.84. The SMILES string of the molecule is CCCC1CCC(c2ccc(-c3cc(F)c(C(F)(F)Br)c(F)c3)c(F)c2)CC1.CCCC1CCC(c2ccc(-c3cc(F)c(C(F)(F)Oc4ccc5c(F)c(F)c(F)cc5c4)c(F)c3)c(F)c2)CC1.CCCC1CCC(c2ccc(-c3cc(F)cc(F)c3)c(F)c2)CC1.CCCC1CCC(c2ccc(B(O)O)c(F)c2)CC1.Fc1cc(F)cc(Br)c1.Oc1ccc2c(F)c(F)c(F)cc2c1. The second kappa shape index (κ2) is 48.0. The minimum atomic E-state index is -4.56. The van der Waals surface area contributed by atoms with Crippen molar-refractivity contribution in [3.05, 3.63) is 325 Å². The highest BCUT2D eigenvalue weighted by Gasteiger charge is 2.42. The van der Waals surface area contributed by atoms with Gasteiger partial charge in [0.05, 0.1) is 0 Å². The van der Waals surface area contributed by atoms with E-state index < -0.39 is 145 Å². The summed E-state index contributed by atoms with van der Waals surface area (Å²) in [7, 11) is -1.73. The zero-order valence-corrected chi connectivity index (χ0v) is 77.5. The normalized spacial score (nSPS) is 18.4. The molecule has 16 rings (SSSR count). The minimum absolute atomic E-state index is 0.00865. The molecule has 0 heterocycles. The number of hydrogen-bond acceptors (Lipinski definition) is 4. The smallest absolute Gasteiger partial charge is 0.491 e. The van der Waals surface area contributed by atoms with Gasteiger partial charge in [-0.1, -0.05) is 144 Å². The molecular formula is C106H101BBr2F22O4. The Labute approximate surface area is 787 Å². The van der Waals surface area contributed by atoms with Gasteiger partial charge in [0.1, 0.15) is 92.4 Å². The molecule has 3 N–H and O–H groups in total. The zero-order chi connectivity index (χ0) is 98.0. The fourth-order valence-electron chi connectivity index (χ4n) is 18.9. The lowest BCUT2D eigenvalue weighted by molar-refractivity contribution is -0.189. The maximum absolute atomic E-state index is 15.1. The Morgan fingerprint density at radius 3 is 0.948 bits per heavy atom. The van der Waals surface area contributed by atoms with Gasteiger partial charge >= 0.3 is 18.1 Å². The van der Waals surface area contributed by atoms with Crippen LogP contribution in [0.5, 0.6) is 11.5 Å². The van der Waals surface area contributed by atoms with E-state index in [2.05, 4.69) is 48.4 Å². The van der Waals surface area contributed by atoms with Gasteiger partial charge in [-0.2, -0.15) is 17.6 Å². The summed E-state index contributed by atoms with van der Waals surface area (Å²) in [5, 5.41) is 26.4. The number of rotatable bonds is 20. The van der Waals surface area contributed by atoms with Crippen LogP contribution in [0.3, 0.4) is 0 Å². The van der Waals surface area contributed by atoms with Crippen molar-refractivity contribution >= 4 is 66.0 Å². The van der Waals surface area contributed by atoms with E-state index in [1.54, 1.807) is 24.3 Å². The summed E-state index contributed by atoms with van der Waals surface area (Å²) in [4.78, 5) is -3.83. The fourth-order valence-corrected chi connectivity index (χ4v) is 19.7. The predicted molar refractivity (Wildman–Crippen MR) is 491 cm³/mol. The van der Waals surface area contributed by atoms with Crippen molar-refractivity contribution in [2.24, 2.45) is 23.7 Å². The minimum Gasteiger partial charge on any atom is -0.508 e. The number of hydrogen-bond donors (Lipinski definition) is 3. The van der Waals surface area contributed by atoms with Gasteiger partial charge in [0.2, 0.25) is 0 Å². The number of aromatic hydroxyl groups is 1. The number of fused-ring (bicyclic) bond motifs is 2. The molecule has 4 aliphatic rings. The van der Waals surface area contributed by atoms with Crippen molar-refractivity contribution in [2.75, 3.05) is 0 Å². The van der Waals surface area contributed by atoms with Crippen molar-refractivity contribution in [3.8, 4) is 44.9 Å². The number of benzene rings is 12. The van der Waals surface area contributed by atoms with Gasteiger partial charge in [-0.15, -0.1) is 0 Å². The first-order chi connectivity index (χ1) is 64.1. The Morgan fingerprint density at radius 1 is 0.319 bits per heavy atom. The highest BCUT2D eigenvalue weighted by Crippen LogP contribution is 2.47. The van der Waals surface area contributed by atoms with Gasteiger partial charge in [0, 0.05) is 49.5 Å². The van der Waals surface area contributed by atoms with Gasteiger partial charge < -0.3 is 19.9 Å². The molecule has 0 atom stereocenters. The van der Waals surface area contributed by atoms with E-state index in [4.69, 9.17) is 15.2 Å². The van der Waals surface area contributed by atoms with Crippen LogP contribution in [-0.4, -0.2) is 22.3 Å². The third-order valence-corrected chi connectivity index (χ3v) is 26.6. The first-order valence-electron chi connectivity index (χ1n) is 45.2. The van der Waals surface area contributed by atoms with Gasteiger partial charge in [0.25, 0.3) is 0 Å². The summed E-state index contributed by atoms with van der Waals surface area (Å²) in [6.45, 7) is 8.77. The van der Waals surface area contributed by atoms with E-state index in [1.807, 2.05) is 28.1 Å². The Bertz CT molecular complexity index is 5930. The van der Waals surface area contributed by atoms with Gasteiger partial charge in [-0.3, -0.25) is 0 Å². The van der Waals surface area contributed by atoms with Crippen LogP contribution >= 0.6 is 31.9 Å². The summed E-state index contributed by atoms with van der Waals surface area (Å²) >= 11 is 4.90. The topological polar surface area (TPSA) is 69.9 Å². The number of alkyl halides is 5. The maximum Gasteiger partial charge on any atom is 0.491 e. The molecule has 29 heteroatoms. The first kappa shape index (κ1) is 106. The van der Waals surface area contributed by atoms with E-state index in [9.17, 15) is 92.2 Å². The molecule has 4 fully saturated rings. The highest BCUT2D eigenvalue weighted by atomic mass is 79.9. The average molecular weight is 2030 g/mol. The molecule has 0 aromatic heterocycles. The molecule has 0 spiro atoms. The highest BCUT2D eigenvalue weighted by molar-refractivity contribution is 9.10. The van der Waals surface area contributed by atoms with Crippen LogP contribution in [0.15, 0.2) is 186 Å². The molecule has 4 saturated carbocycles. The van der Waals surface area contributed by atoms with Crippen LogP contribution in [0.25, 0.3) is 54.9 Å². The summed E-state index contributed by atoms with van der Waals surface area (Å²) in [5.41, 5.74) is 0.482. The number of phenols is 1. The lowest BCUT2D eigenvalue weighted by Gasteiger charge is -2.28. The molecule has 0 bridgehead atoms. The monoisotopic (exact) mass is 2020 g/mol. The van der Waals surface area contributed by atoms with E-state index in [-0.39, 0.29) is 72.6 Å².